The van der Waals surface area contributed by atoms with Crippen molar-refractivity contribution in [2.45, 2.75) is 44.8 Å². The number of carbonyl (C=O) groups excluding carboxylic acids is 3. The number of likely N-dealkylation sites (tertiary alicyclic amines) is 1. The van der Waals surface area contributed by atoms with Crippen molar-refractivity contribution in [3.05, 3.63) is 88.9 Å². The van der Waals surface area contributed by atoms with E-state index in [2.05, 4.69) is 10.6 Å². The topological polar surface area (TPSA) is 120 Å². The molecule has 3 aromatic carbocycles. The molecule has 46 heavy (non-hydrogen) atoms. The Morgan fingerprint density at radius 1 is 0.978 bits per heavy atom. The largest absolute Gasteiger partial charge is 0.454 e. The van der Waals surface area contributed by atoms with Crippen LogP contribution in [0.1, 0.15) is 30.9 Å². The van der Waals surface area contributed by atoms with Crippen LogP contribution in [-0.2, 0) is 27.2 Å². The number of amides is 3. The molecule has 2 aliphatic rings. The van der Waals surface area contributed by atoms with E-state index in [1.807, 2.05) is 54.6 Å². The number of ether oxygens (including phenoxy) is 2. The highest BCUT2D eigenvalue weighted by atomic mass is 35.5. The first-order valence-electron chi connectivity index (χ1n) is 15.7. The number of hydrogen-bond donors (Lipinski definition) is 3. The Morgan fingerprint density at radius 3 is 2.48 bits per heavy atom. The summed E-state index contributed by atoms with van der Waals surface area (Å²) in [6, 6.07) is 21.8. The van der Waals surface area contributed by atoms with Gasteiger partial charge in [0, 0.05) is 49.7 Å². The molecule has 2 aliphatic heterocycles. The Balaban J connectivity index is 1.29. The quantitative estimate of drug-likeness (QED) is 0.257. The summed E-state index contributed by atoms with van der Waals surface area (Å²) in [4.78, 5) is 42.4. The van der Waals surface area contributed by atoms with Gasteiger partial charge in [-0.15, -0.1) is 0 Å². The van der Waals surface area contributed by atoms with Gasteiger partial charge in [-0.2, -0.15) is 0 Å². The van der Waals surface area contributed by atoms with Crippen molar-refractivity contribution >= 4 is 35.0 Å². The van der Waals surface area contributed by atoms with E-state index < -0.39 is 12.1 Å². The van der Waals surface area contributed by atoms with Crippen molar-refractivity contribution in [2.24, 2.45) is 5.92 Å². The minimum absolute atomic E-state index is 0.00494. The minimum atomic E-state index is -1.05. The van der Waals surface area contributed by atoms with Gasteiger partial charge in [-0.25, -0.2) is 0 Å². The highest BCUT2D eigenvalue weighted by molar-refractivity contribution is 6.30. The van der Waals surface area contributed by atoms with E-state index in [-0.39, 0.29) is 43.5 Å². The summed E-state index contributed by atoms with van der Waals surface area (Å²) in [7, 11) is 0. The van der Waals surface area contributed by atoms with Crippen LogP contribution in [0, 0.1) is 5.92 Å². The van der Waals surface area contributed by atoms with Crippen LogP contribution in [0.4, 0.5) is 5.69 Å². The van der Waals surface area contributed by atoms with Gasteiger partial charge in [-0.3, -0.25) is 14.4 Å². The molecule has 1 saturated heterocycles. The maximum atomic E-state index is 14.0. The predicted molar refractivity (Wildman–Crippen MR) is 176 cm³/mol. The van der Waals surface area contributed by atoms with Gasteiger partial charge < -0.3 is 35.0 Å². The SMILES string of the molecule is CC(=O)N1CCC(C(=O)N(CCc2ccc3c(c2)OCO3)C[C@H](O)[C@H](Cc2ccccc2)NC(=O)CNc2cccc(Cl)c2)CC1. The van der Waals surface area contributed by atoms with Crippen LogP contribution in [0.25, 0.3) is 0 Å². The molecule has 0 saturated carbocycles. The number of anilines is 1. The number of fused-ring (bicyclic) bond motifs is 1. The van der Waals surface area contributed by atoms with Gasteiger partial charge in [0.05, 0.1) is 18.7 Å². The number of hydrogen-bond acceptors (Lipinski definition) is 7. The van der Waals surface area contributed by atoms with Crippen LogP contribution in [0.3, 0.4) is 0 Å². The van der Waals surface area contributed by atoms with E-state index in [4.69, 9.17) is 21.1 Å². The molecule has 1 fully saturated rings. The van der Waals surface area contributed by atoms with Gasteiger partial charge in [0.15, 0.2) is 11.5 Å². The molecule has 3 amide bonds. The molecule has 3 aromatic rings. The first-order chi connectivity index (χ1) is 22.2. The maximum absolute atomic E-state index is 14.0. The second-order valence-electron chi connectivity index (χ2n) is 11.8. The van der Waals surface area contributed by atoms with Gasteiger partial charge in [-0.1, -0.05) is 54.1 Å². The molecule has 0 spiro atoms. The first kappa shape index (κ1) is 33.1. The van der Waals surface area contributed by atoms with Crippen molar-refractivity contribution in [3.63, 3.8) is 0 Å². The van der Waals surface area contributed by atoms with Gasteiger partial charge in [0.25, 0.3) is 0 Å². The Labute approximate surface area is 274 Å². The fourth-order valence-electron chi connectivity index (χ4n) is 5.89. The summed E-state index contributed by atoms with van der Waals surface area (Å²) >= 11 is 6.08. The van der Waals surface area contributed by atoms with Crippen LogP contribution >= 0.6 is 11.6 Å². The fraction of sp³-hybridized carbons (Fsp3) is 0.400. The molecule has 2 atom stereocenters. The van der Waals surface area contributed by atoms with Crippen LogP contribution in [0.15, 0.2) is 72.8 Å². The number of rotatable bonds is 13. The standard InChI is InChI=1S/C35H41ClN4O6/c1-24(41)39-16-13-27(14-17-39)35(44)40(15-12-26-10-11-32-33(19-26)46-23-45-32)22-31(42)30(18-25-6-3-2-4-7-25)38-34(43)21-37-29-9-5-8-28(36)20-29/h2-11,19-20,27,30-31,37,42H,12-18,21-23H2,1H3,(H,38,43)/t30-,31-/m0/s1. The molecule has 11 heteroatoms. The number of nitrogens with one attached hydrogen (secondary N) is 2. The van der Waals surface area contributed by atoms with E-state index >= 15 is 0 Å². The fourth-order valence-corrected chi connectivity index (χ4v) is 6.08. The van der Waals surface area contributed by atoms with Crippen molar-refractivity contribution in [3.8, 4) is 11.5 Å². The average Bonchev–Trinajstić information content (AvgIpc) is 3.54. The van der Waals surface area contributed by atoms with Crippen molar-refractivity contribution < 1.29 is 29.0 Å². The zero-order chi connectivity index (χ0) is 32.5. The molecule has 0 bridgehead atoms. The summed E-state index contributed by atoms with van der Waals surface area (Å²) < 4.78 is 11.0. The van der Waals surface area contributed by atoms with Gasteiger partial charge in [0.2, 0.25) is 24.5 Å². The summed E-state index contributed by atoms with van der Waals surface area (Å²) in [5, 5.41) is 18.3. The van der Waals surface area contributed by atoms with Crippen LogP contribution in [-0.4, -0.2) is 84.3 Å². The molecular weight excluding hydrogens is 608 g/mol. The number of piperidine rings is 1. The molecule has 10 nitrogen and oxygen atoms in total. The minimum Gasteiger partial charge on any atom is -0.454 e. The van der Waals surface area contributed by atoms with Gasteiger partial charge >= 0.3 is 0 Å². The van der Waals surface area contributed by atoms with Crippen molar-refractivity contribution in [2.75, 3.05) is 44.8 Å². The second-order valence-corrected chi connectivity index (χ2v) is 12.2. The molecule has 3 N–H and O–H groups in total. The Hall–Kier alpha value is -4.28. The van der Waals surface area contributed by atoms with E-state index in [9.17, 15) is 19.5 Å². The number of carbonyl (C=O) groups is 3. The van der Waals surface area contributed by atoms with E-state index in [1.165, 1.54) is 0 Å². The number of benzene rings is 3. The Morgan fingerprint density at radius 2 is 1.74 bits per heavy atom. The molecule has 2 heterocycles. The third-order valence-corrected chi connectivity index (χ3v) is 8.74. The lowest BCUT2D eigenvalue weighted by atomic mass is 9.94. The third kappa shape index (κ3) is 9.14. The zero-order valence-corrected chi connectivity index (χ0v) is 26.7. The van der Waals surface area contributed by atoms with E-state index in [1.54, 1.807) is 34.9 Å². The van der Waals surface area contributed by atoms with Crippen molar-refractivity contribution in [1.82, 2.24) is 15.1 Å². The van der Waals surface area contributed by atoms with Gasteiger partial charge in [0.1, 0.15) is 0 Å². The van der Waals surface area contributed by atoms with E-state index in [0.29, 0.717) is 67.5 Å². The predicted octanol–water partition coefficient (Wildman–Crippen LogP) is 3.90. The lowest BCUT2D eigenvalue weighted by Crippen LogP contribution is -2.53. The summed E-state index contributed by atoms with van der Waals surface area (Å²) in [5.41, 5.74) is 2.63. The highest BCUT2D eigenvalue weighted by Gasteiger charge is 2.32. The molecule has 0 radical (unpaired) electrons. The van der Waals surface area contributed by atoms with Crippen molar-refractivity contribution in [1.29, 1.82) is 0 Å². The second kappa shape index (κ2) is 15.8. The smallest absolute Gasteiger partial charge is 0.239 e. The highest BCUT2D eigenvalue weighted by Crippen LogP contribution is 2.32. The normalized spacial score (nSPS) is 15.6. The zero-order valence-electron chi connectivity index (χ0n) is 26.0. The molecular formula is C35H41ClN4O6. The number of halogens is 1. The summed E-state index contributed by atoms with van der Waals surface area (Å²) in [5.74, 6) is 0.747. The lowest BCUT2D eigenvalue weighted by molar-refractivity contribution is -0.141. The molecule has 0 aromatic heterocycles. The molecule has 5 rings (SSSR count). The van der Waals surface area contributed by atoms with E-state index in [0.717, 1.165) is 11.1 Å². The van der Waals surface area contributed by atoms with Gasteiger partial charge in [-0.05, 0) is 67.1 Å². The number of nitrogens with zero attached hydrogens (tertiary/aromatic N) is 2. The monoisotopic (exact) mass is 648 g/mol. The van der Waals surface area contributed by atoms with Crippen LogP contribution in [0.5, 0.6) is 11.5 Å². The molecule has 0 aliphatic carbocycles. The molecule has 244 valence electrons. The maximum Gasteiger partial charge on any atom is 0.239 e. The third-order valence-electron chi connectivity index (χ3n) is 8.50. The average molecular weight is 649 g/mol. The van der Waals surface area contributed by atoms with Crippen LogP contribution < -0.4 is 20.1 Å². The number of aliphatic hydroxyl groups is 1. The van der Waals surface area contributed by atoms with Crippen LogP contribution in [0.2, 0.25) is 5.02 Å². The Bertz CT molecular complexity index is 1500. The Kier molecular flexibility index (Phi) is 11.4. The summed E-state index contributed by atoms with van der Waals surface area (Å²) in [6.07, 6.45) is 1.00. The summed E-state index contributed by atoms with van der Waals surface area (Å²) in [6.45, 7) is 3.16. The first-order valence-corrected chi connectivity index (χ1v) is 16.1. The number of aliphatic hydroxyl groups excluding tert-OH is 1. The lowest BCUT2D eigenvalue weighted by Gasteiger charge is -2.36. The molecule has 0 unspecified atom stereocenters.